The molecular formula is C20H25N3O3S. The standard InChI is InChI=1S/C20H25N3O3S/c24-20(22-16-18-6-4-5-13-21-18)10-9-17-11-14-23(15-12-17)27(25,26)19-7-2-1-3-8-19/h1-8,13,17H,9-12,14-16H2,(H,22,24). The quantitative estimate of drug-likeness (QED) is 0.792. The molecule has 7 heteroatoms. The van der Waals surface area contributed by atoms with Crippen LogP contribution in [0.25, 0.3) is 0 Å². The normalized spacial score (nSPS) is 16.1. The number of hydrogen-bond donors (Lipinski definition) is 1. The fraction of sp³-hybridized carbons (Fsp3) is 0.400. The molecule has 1 aliphatic heterocycles. The van der Waals surface area contributed by atoms with Gasteiger partial charge in [-0.1, -0.05) is 24.3 Å². The zero-order valence-electron chi connectivity index (χ0n) is 15.3. The number of amides is 1. The van der Waals surface area contributed by atoms with Crippen molar-refractivity contribution < 1.29 is 13.2 Å². The maximum Gasteiger partial charge on any atom is 0.243 e. The first-order valence-corrected chi connectivity index (χ1v) is 10.7. The van der Waals surface area contributed by atoms with Gasteiger partial charge in [-0.2, -0.15) is 4.31 Å². The van der Waals surface area contributed by atoms with Crippen LogP contribution < -0.4 is 5.32 Å². The van der Waals surface area contributed by atoms with Gasteiger partial charge in [-0.05, 0) is 49.4 Å². The van der Waals surface area contributed by atoms with Crippen LogP contribution in [0.2, 0.25) is 0 Å². The zero-order valence-corrected chi connectivity index (χ0v) is 16.1. The third kappa shape index (κ3) is 5.37. The highest BCUT2D eigenvalue weighted by Crippen LogP contribution is 2.26. The van der Waals surface area contributed by atoms with Gasteiger partial charge in [-0.3, -0.25) is 9.78 Å². The van der Waals surface area contributed by atoms with E-state index in [9.17, 15) is 13.2 Å². The predicted octanol–water partition coefficient (Wildman–Crippen LogP) is 2.58. The summed E-state index contributed by atoms with van der Waals surface area (Å²) in [5, 5.41) is 2.89. The summed E-state index contributed by atoms with van der Waals surface area (Å²) in [4.78, 5) is 16.5. The maximum absolute atomic E-state index is 12.6. The minimum Gasteiger partial charge on any atom is -0.350 e. The summed E-state index contributed by atoms with van der Waals surface area (Å²) in [5.74, 6) is 0.396. The largest absolute Gasteiger partial charge is 0.350 e. The Morgan fingerprint density at radius 2 is 1.78 bits per heavy atom. The molecule has 2 aromatic rings. The molecule has 0 aliphatic carbocycles. The van der Waals surface area contributed by atoms with E-state index in [4.69, 9.17) is 0 Å². The molecule has 1 aliphatic rings. The average molecular weight is 388 g/mol. The Hall–Kier alpha value is -2.25. The van der Waals surface area contributed by atoms with Crippen LogP contribution >= 0.6 is 0 Å². The van der Waals surface area contributed by atoms with E-state index in [-0.39, 0.29) is 5.91 Å². The van der Waals surface area contributed by atoms with Crippen LogP contribution in [0.1, 0.15) is 31.4 Å². The van der Waals surface area contributed by atoms with Gasteiger partial charge in [0.05, 0.1) is 17.1 Å². The summed E-state index contributed by atoms with van der Waals surface area (Å²) >= 11 is 0. The topological polar surface area (TPSA) is 79.4 Å². The predicted molar refractivity (Wildman–Crippen MR) is 103 cm³/mol. The molecule has 1 aromatic heterocycles. The van der Waals surface area contributed by atoms with Crippen molar-refractivity contribution in [1.29, 1.82) is 0 Å². The van der Waals surface area contributed by atoms with E-state index >= 15 is 0 Å². The lowest BCUT2D eigenvalue weighted by Crippen LogP contribution is -2.38. The summed E-state index contributed by atoms with van der Waals surface area (Å²) in [5.41, 5.74) is 0.838. The summed E-state index contributed by atoms with van der Waals surface area (Å²) in [6.07, 6.45) is 4.54. The Morgan fingerprint density at radius 1 is 1.07 bits per heavy atom. The fourth-order valence-electron chi connectivity index (χ4n) is 3.30. The first-order chi connectivity index (χ1) is 13.1. The van der Waals surface area contributed by atoms with E-state index < -0.39 is 10.0 Å². The van der Waals surface area contributed by atoms with Crippen molar-refractivity contribution in [2.75, 3.05) is 13.1 Å². The molecule has 6 nitrogen and oxygen atoms in total. The minimum absolute atomic E-state index is 0.0139. The van der Waals surface area contributed by atoms with Crippen molar-refractivity contribution >= 4 is 15.9 Å². The number of carbonyl (C=O) groups is 1. The average Bonchev–Trinajstić information content (AvgIpc) is 2.72. The van der Waals surface area contributed by atoms with Crippen LogP contribution in [0.5, 0.6) is 0 Å². The molecule has 0 unspecified atom stereocenters. The summed E-state index contributed by atoms with van der Waals surface area (Å²) < 4.78 is 26.8. The Labute approximate surface area is 160 Å². The van der Waals surface area contributed by atoms with Gasteiger partial charge in [-0.15, -0.1) is 0 Å². The molecule has 0 bridgehead atoms. The van der Waals surface area contributed by atoms with Crippen LogP contribution in [-0.2, 0) is 21.4 Å². The van der Waals surface area contributed by atoms with Crippen molar-refractivity contribution in [3.8, 4) is 0 Å². The third-order valence-corrected chi connectivity index (χ3v) is 6.84. The number of rotatable bonds is 7. The van der Waals surface area contributed by atoms with Gasteiger partial charge in [0.15, 0.2) is 0 Å². The second-order valence-electron chi connectivity index (χ2n) is 6.80. The third-order valence-electron chi connectivity index (χ3n) is 4.93. The Balaban J connectivity index is 1.41. The lowest BCUT2D eigenvalue weighted by Gasteiger charge is -2.31. The van der Waals surface area contributed by atoms with E-state index in [0.29, 0.717) is 36.9 Å². The van der Waals surface area contributed by atoms with Crippen LogP contribution in [0.4, 0.5) is 0 Å². The number of carbonyl (C=O) groups excluding carboxylic acids is 1. The maximum atomic E-state index is 12.6. The first kappa shape index (κ1) is 19.5. The monoisotopic (exact) mass is 387 g/mol. The molecule has 0 atom stereocenters. The highest BCUT2D eigenvalue weighted by Gasteiger charge is 2.29. The SMILES string of the molecule is O=C(CCC1CCN(S(=O)(=O)c2ccccc2)CC1)NCc1ccccn1. The number of sulfonamides is 1. The number of aromatic nitrogens is 1. The fourth-order valence-corrected chi connectivity index (χ4v) is 4.79. The van der Waals surface area contributed by atoms with E-state index in [1.165, 1.54) is 0 Å². The molecule has 144 valence electrons. The van der Waals surface area contributed by atoms with Gasteiger partial charge in [0.25, 0.3) is 0 Å². The minimum atomic E-state index is -3.41. The number of piperidine rings is 1. The Kier molecular flexibility index (Phi) is 6.58. The molecule has 0 radical (unpaired) electrons. The highest BCUT2D eigenvalue weighted by atomic mass is 32.2. The number of pyridine rings is 1. The molecule has 27 heavy (non-hydrogen) atoms. The van der Waals surface area contributed by atoms with Gasteiger partial charge in [0, 0.05) is 25.7 Å². The zero-order chi connectivity index (χ0) is 19.1. The molecule has 1 N–H and O–H groups in total. The van der Waals surface area contributed by atoms with Gasteiger partial charge in [0.1, 0.15) is 0 Å². The van der Waals surface area contributed by atoms with E-state index in [1.54, 1.807) is 34.8 Å². The van der Waals surface area contributed by atoms with E-state index in [2.05, 4.69) is 10.3 Å². The van der Waals surface area contributed by atoms with E-state index in [0.717, 1.165) is 25.0 Å². The molecule has 3 rings (SSSR count). The molecule has 1 aromatic carbocycles. The number of nitrogens with one attached hydrogen (secondary N) is 1. The smallest absolute Gasteiger partial charge is 0.243 e. The summed E-state index contributed by atoms with van der Waals surface area (Å²) in [6, 6.07) is 14.2. The van der Waals surface area contributed by atoms with Crippen LogP contribution in [0.3, 0.4) is 0 Å². The molecule has 1 fully saturated rings. The first-order valence-electron chi connectivity index (χ1n) is 9.27. The molecular weight excluding hydrogens is 362 g/mol. The second-order valence-corrected chi connectivity index (χ2v) is 8.73. The lowest BCUT2D eigenvalue weighted by atomic mass is 9.93. The van der Waals surface area contributed by atoms with Crippen molar-refractivity contribution in [2.24, 2.45) is 5.92 Å². The Bertz CT molecular complexity index is 833. The number of nitrogens with zero attached hydrogens (tertiary/aromatic N) is 2. The summed E-state index contributed by atoms with van der Waals surface area (Å²) in [6.45, 7) is 1.46. The molecule has 0 saturated carbocycles. The number of hydrogen-bond acceptors (Lipinski definition) is 4. The van der Waals surface area contributed by atoms with Gasteiger partial charge in [0.2, 0.25) is 15.9 Å². The number of benzene rings is 1. The van der Waals surface area contributed by atoms with E-state index in [1.807, 2.05) is 24.3 Å². The highest BCUT2D eigenvalue weighted by molar-refractivity contribution is 7.89. The lowest BCUT2D eigenvalue weighted by molar-refractivity contribution is -0.121. The molecule has 2 heterocycles. The Morgan fingerprint density at radius 3 is 2.44 bits per heavy atom. The summed E-state index contributed by atoms with van der Waals surface area (Å²) in [7, 11) is -3.41. The van der Waals surface area contributed by atoms with Gasteiger partial charge >= 0.3 is 0 Å². The second kappa shape index (κ2) is 9.10. The van der Waals surface area contributed by atoms with Crippen molar-refractivity contribution in [3.05, 3.63) is 60.4 Å². The molecule has 1 saturated heterocycles. The van der Waals surface area contributed by atoms with Gasteiger partial charge < -0.3 is 5.32 Å². The van der Waals surface area contributed by atoms with Crippen LogP contribution in [-0.4, -0.2) is 36.7 Å². The van der Waals surface area contributed by atoms with Crippen LogP contribution in [0, 0.1) is 5.92 Å². The van der Waals surface area contributed by atoms with Crippen molar-refractivity contribution in [2.45, 2.75) is 37.1 Å². The molecule has 0 spiro atoms. The van der Waals surface area contributed by atoms with Crippen LogP contribution in [0.15, 0.2) is 59.6 Å². The van der Waals surface area contributed by atoms with Gasteiger partial charge in [-0.25, -0.2) is 8.42 Å². The van der Waals surface area contributed by atoms with Crippen molar-refractivity contribution in [1.82, 2.24) is 14.6 Å². The van der Waals surface area contributed by atoms with Crippen molar-refractivity contribution in [3.63, 3.8) is 0 Å². The molecule has 1 amide bonds.